The summed E-state index contributed by atoms with van der Waals surface area (Å²) in [7, 11) is 0. The number of hydrogen-bond donors (Lipinski definition) is 2. The molecule has 2 aromatic carbocycles. The summed E-state index contributed by atoms with van der Waals surface area (Å²) in [6, 6.07) is 10.1. The fourth-order valence-corrected chi connectivity index (χ4v) is 5.23. The van der Waals surface area contributed by atoms with Gasteiger partial charge in [-0.3, -0.25) is 4.90 Å². The van der Waals surface area contributed by atoms with Crippen molar-refractivity contribution in [2.75, 3.05) is 19.6 Å². The van der Waals surface area contributed by atoms with Crippen LogP contribution in [-0.4, -0.2) is 55.6 Å². The smallest absolute Gasteiger partial charge is 0.322 e. The summed E-state index contributed by atoms with van der Waals surface area (Å²) in [6.07, 6.45) is 5.45. The highest BCUT2D eigenvalue weighted by atomic mass is 16.5. The fourth-order valence-electron chi connectivity index (χ4n) is 5.23. The molecule has 1 aromatic heterocycles. The minimum absolute atomic E-state index is 0.0296. The molecule has 1 fully saturated rings. The van der Waals surface area contributed by atoms with Crippen LogP contribution < -0.4 is 4.74 Å². The average molecular weight is 463 g/mol. The van der Waals surface area contributed by atoms with Crippen molar-refractivity contribution in [3.05, 3.63) is 47.0 Å². The second kappa shape index (κ2) is 9.29. The van der Waals surface area contributed by atoms with E-state index in [9.17, 15) is 10.2 Å². The maximum Gasteiger partial charge on any atom is 0.322 e. The molecular formula is C27H34N4O3. The van der Waals surface area contributed by atoms with Gasteiger partial charge in [-0.15, -0.1) is 5.10 Å². The first-order chi connectivity index (χ1) is 16.4. The normalized spacial score (nSPS) is 18.4. The number of likely N-dealkylation sites (tertiary alicyclic amines) is 1. The third kappa shape index (κ3) is 4.25. The van der Waals surface area contributed by atoms with Gasteiger partial charge < -0.3 is 14.9 Å². The van der Waals surface area contributed by atoms with Gasteiger partial charge >= 0.3 is 6.01 Å². The number of aromatic hydroxyl groups is 2. The summed E-state index contributed by atoms with van der Waals surface area (Å²) in [4.78, 5) is 2.39. The van der Waals surface area contributed by atoms with Gasteiger partial charge in [-0.05, 0) is 86.0 Å². The van der Waals surface area contributed by atoms with Gasteiger partial charge in [0.05, 0.1) is 11.3 Å². The number of likely N-dealkylation sites (N-methyl/N-ethyl adjacent to an activating group) is 1. The van der Waals surface area contributed by atoms with Crippen LogP contribution >= 0.6 is 0 Å². The SMILES string of the molecule is CCN1CCCC(Oc2nnc(-c3cc(C(C)C)c(O)cc3O)n2-c2ccc3c(c2)CCC3)C1. The summed E-state index contributed by atoms with van der Waals surface area (Å²) in [5, 5.41) is 30.1. The molecule has 1 atom stereocenters. The third-order valence-corrected chi connectivity index (χ3v) is 7.16. The van der Waals surface area contributed by atoms with Crippen LogP contribution in [-0.2, 0) is 12.8 Å². The van der Waals surface area contributed by atoms with Crippen molar-refractivity contribution in [3.8, 4) is 34.6 Å². The summed E-state index contributed by atoms with van der Waals surface area (Å²) in [5.41, 5.74) is 4.95. The van der Waals surface area contributed by atoms with Crippen molar-refractivity contribution in [2.45, 2.75) is 64.9 Å². The molecule has 7 heteroatoms. The predicted octanol–water partition coefficient (Wildman–Crippen LogP) is 4.82. The number of aryl methyl sites for hydroxylation is 2. The molecular weight excluding hydrogens is 428 g/mol. The van der Waals surface area contributed by atoms with Crippen molar-refractivity contribution in [1.29, 1.82) is 0 Å². The molecule has 2 N–H and O–H groups in total. The zero-order valence-electron chi connectivity index (χ0n) is 20.3. The van der Waals surface area contributed by atoms with Crippen LogP contribution in [0.2, 0.25) is 0 Å². The van der Waals surface area contributed by atoms with Gasteiger partial charge in [-0.1, -0.05) is 31.9 Å². The van der Waals surface area contributed by atoms with Crippen molar-refractivity contribution in [2.24, 2.45) is 0 Å². The zero-order chi connectivity index (χ0) is 23.8. The van der Waals surface area contributed by atoms with Gasteiger partial charge in [0.1, 0.15) is 17.6 Å². The number of benzene rings is 2. The van der Waals surface area contributed by atoms with E-state index >= 15 is 0 Å². The quantitative estimate of drug-likeness (QED) is 0.546. The zero-order valence-corrected chi connectivity index (χ0v) is 20.3. The van der Waals surface area contributed by atoms with E-state index in [0.717, 1.165) is 56.6 Å². The Morgan fingerprint density at radius 1 is 1.03 bits per heavy atom. The first-order valence-corrected chi connectivity index (χ1v) is 12.5. The Balaban J connectivity index is 1.61. The van der Waals surface area contributed by atoms with Crippen LogP contribution in [0.4, 0.5) is 0 Å². The van der Waals surface area contributed by atoms with Crippen LogP contribution in [0.1, 0.15) is 62.6 Å². The molecule has 180 valence electrons. The Bertz CT molecular complexity index is 1190. The first-order valence-electron chi connectivity index (χ1n) is 12.5. The highest BCUT2D eigenvalue weighted by molar-refractivity contribution is 5.70. The minimum atomic E-state index is -0.0296. The molecule has 1 aliphatic carbocycles. The van der Waals surface area contributed by atoms with E-state index < -0.39 is 0 Å². The molecule has 1 aliphatic heterocycles. The lowest BCUT2D eigenvalue weighted by Crippen LogP contribution is -2.41. The molecule has 0 spiro atoms. The summed E-state index contributed by atoms with van der Waals surface area (Å²) in [5.74, 6) is 0.653. The molecule has 1 unspecified atom stereocenters. The van der Waals surface area contributed by atoms with Crippen molar-refractivity contribution >= 4 is 0 Å². The molecule has 2 aliphatic rings. The van der Waals surface area contributed by atoms with Gasteiger partial charge in [0.2, 0.25) is 0 Å². The molecule has 0 saturated carbocycles. The van der Waals surface area contributed by atoms with E-state index in [2.05, 4.69) is 40.2 Å². The average Bonchev–Trinajstić information content (AvgIpc) is 3.45. The van der Waals surface area contributed by atoms with E-state index in [1.54, 1.807) is 0 Å². The number of rotatable bonds is 6. The molecule has 1 saturated heterocycles. The van der Waals surface area contributed by atoms with Crippen LogP contribution in [0.25, 0.3) is 17.1 Å². The van der Waals surface area contributed by atoms with E-state index in [4.69, 9.17) is 4.74 Å². The molecule has 5 rings (SSSR count). The Hall–Kier alpha value is -3.06. The van der Waals surface area contributed by atoms with E-state index in [-0.39, 0.29) is 23.5 Å². The number of ether oxygens (including phenoxy) is 1. The Morgan fingerprint density at radius 3 is 2.65 bits per heavy atom. The second-order valence-electron chi connectivity index (χ2n) is 9.81. The van der Waals surface area contributed by atoms with Gasteiger partial charge in [-0.2, -0.15) is 0 Å². The Labute approximate surface area is 201 Å². The highest BCUT2D eigenvalue weighted by Crippen LogP contribution is 2.39. The van der Waals surface area contributed by atoms with Crippen molar-refractivity contribution < 1.29 is 14.9 Å². The van der Waals surface area contributed by atoms with Gasteiger partial charge in [-0.25, -0.2) is 4.57 Å². The summed E-state index contributed by atoms with van der Waals surface area (Å²) in [6.45, 7) is 9.16. The maximum absolute atomic E-state index is 10.8. The number of hydrogen-bond acceptors (Lipinski definition) is 6. The van der Waals surface area contributed by atoms with Crippen LogP contribution in [0.3, 0.4) is 0 Å². The predicted molar refractivity (Wildman–Crippen MR) is 132 cm³/mol. The second-order valence-corrected chi connectivity index (χ2v) is 9.81. The molecule has 0 radical (unpaired) electrons. The van der Waals surface area contributed by atoms with Crippen LogP contribution in [0, 0.1) is 0 Å². The number of piperidine rings is 1. The first kappa shape index (κ1) is 22.7. The molecule has 2 heterocycles. The highest BCUT2D eigenvalue weighted by Gasteiger charge is 2.27. The van der Waals surface area contributed by atoms with Crippen molar-refractivity contribution in [1.82, 2.24) is 19.7 Å². The van der Waals surface area contributed by atoms with Crippen molar-refractivity contribution in [3.63, 3.8) is 0 Å². The molecule has 7 nitrogen and oxygen atoms in total. The number of phenols is 2. The maximum atomic E-state index is 10.8. The largest absolute Gasteiger partial charge is 0.508 e. The fraction of sp³-hybridized carbons (Fsp3) is 0.481. The van der Waals surface area contributed by atoms with E-state index in [0.29, 0.717) is 17.4 Å². The van der Waals surface area contributed by atoms with E-state index in [1.165, 1.54) is 23.6 Å². The van der Waals surface area contributed by atoms with Crippen LogP contribution in [0.5, 0.6) is 17.5 Å². The summed E-state index contributed by atoms with van der Waals surface area (Å²) >= 11 is 0. The van der Waals surface area contributed by atoms with Gasteiger partial charge in [0, 0.05) is 12.6 Å². The van der Waals surface area contributed by atoms with Gasteiger partial charge in [0.15, 0.2) is 5.82 Å². The summed E-state index contributed by atoms with van der Waals surface area (Å²) < 4.78 is 8.37. The lowest BCUT2D eigenvalue weighted by Gasteiger charge is -2.31. The number of phenolic OH excluding ortho intramolecular Hbond substituents is 2. The minimum Gasteiger partial charge on any atom is -0.508 e. The topological polar surface area (TPSA) is 83.6 Å². The number of aromatic nitrogens is 3. The molecule has 3 aromatic rings. The molecule has 34 heavy (non-hydrogen) atoms. The monoisotopic (exact) mass is 462 g/mol. The Morgan fingerprint density at radius 2 is 1.85 bits per heavy atom. The molecule has 0 bridgehead atoms. The standard InChI is InChI=1S/C27H34N4O3/c1-4-30-12-6-9-21(16-30)34-27-29-28-26(23-14-22(17(2)3)24(32)15-25(23)33)31(27)20-11-10-18-7-5-8-19(18)13-20/h10-11,13-15,17,21,32-33H,4-9,12,16H2,1-3H3. The Kier molecular flexibility index (Phi) is 6.21. The lowest BCUT2D eigenvalue weighted by atomic mass is 9.98. The van der Waals surface area contributed by atoms with Crippen LogP contribution in [0.15, 0.2) is 30.3 Å². The number of fused-ring (bicyclic) bond motifs is 1. The number of nitrogens with zero attached hydrogens (tertiary/aromatic N) is 4. The third-order valence-electron chi connectivity index (χ3n) is 7.16. The van der Waals surface area contributed by atoms with Gasteiger partial charge in [0.25, 0.3) is 0 Å². The lowest BCUT2D eigenvalue weighted by molar-refractivity contribution is 0.0827. The van der Waals surface area contributed by atoms with E-state index in [1.807, 2.05) is 24.5 Å². The molecule has 0 amide bonds.